The van der Waals surface area contributed by atoms with Crippen LogP contribution in [0, 0.1) is 20.8 Å². The maximum Gasteiger partial charge on any atom is 0.278 e. The first-order valence-electron chi connectivity index (χ1n) is 9.58. The molecule has 0 saturated heterocycles. The van der Waals surface area contributed by atoms with Crippen molar-refractivity contribution in [1.29, 1.82) is 0 Å². The van der Waals surface area contributed by atoms with Crippen molar-refractivity contribution in [3.05, 3.63) is 40.7 Å². The molecule has 0 spiro atoms. The number of hydrogen-bond donors (Lipinski definition) is 0. The second kappa shape index (κ2) is 8.01. The number of hydrogen-bond acceptors (Lipinski definition) is 5. The van der Waals surface area contributed by atoms with Crippen molar-refractivity contribution in [3.8, 4) is 0 Å². The van der Waals surface area contributed by atoms with Gasteiger partial charge in [0.25, 0.3) is 5.91 Å². The molecule has 6 nitrogen and oxygen atoms in total. The summed E-state index contributed by atoms with van der Waals surface area (Å²) < 4.78 is 2.95. The minimum atomic E-state index is -0.0505. The number of amides is 1. The first-order valence-corrected chi connectivity index (χ1v) is 10.4. The van der Waals surface area contributed by atoms with Gasteiger partial charge in [-0.3, -0.25) is 14.4 Å². The second-order valence-corrected chi connectivity index (χ2v) is 8.82. The number of carbonyl (C=O) groups is 1. The number of rotatable bonds is 6. The molecule has 0 N–H and O–H groups in total. The molecule has 0 aliphatic rings. The number of benzene rings is 1. The van der Waals surface area contributed by atoms with Gasteiger partial charge in [-0.05, 0) is 65.9 Å². The molecule has 2 aromatic heterocycles. The van der Waals surface area contributed by atoms with Crippen LogP contribution in [-0.4, -0.2) is 52.8 Å². The highest BCUT2D eigenvalue weighted by molar-refractivity contribution is 7.22. The summed E-state index contributed by atoms with van der Waals surface area (Å²) >= 11 is 1.59. The summed E-state index contributed by atoms with van der Waals surface area (Å²) in [5.41, 5.74) is 4.76. The maximum atomic E-state index is 13.6. The van der Waals surface area contributed by atoms with Crippen LogP contribution in [0.1, 0.15) is 47.2 Å². The van der Waals surface area contributed by atoms with E-state index >= 15 is 0 Å². The second-order valence-electron chi connectivity index (χ2n) is 7.84. The van der Waals surface area contributed by atoms with Crippen LogP contribution in [0.15, 0.2) is 18.2 Å². The summed E-state index contributed by atoms with van der Waals surface area (Å²) in [6, 6.07) is 6.19. The predicted octanol–water partition coefficient (Wildman–Crippen LogP) is 4.21. The van der Waals surface area contributed by atoms with E-state index in [1.54, 1.807) is 16.2 Å². The molecular formula is C21H29N5OS. The van der Waals surface area contributed by atoms with Gasteiger partial charge in [-0.25, -0.2) is 4.98 Å². The quantitative estimate of drug-likeness (QED) is 0.623. The van der Waals surface area contributed by atoms with E-state index in [-0.39, 0.29) is 11.9 Å². The summed E-state index contributed by atoms with van der Waals surface area (Å²) in [5.74, 6) is -0.0505. The molecule has 1 amide bonds. The molecule has 7 heteroatoms. The van der Waals surface area contributed by atoms with E-state index in [1.807, 2.05) is 45.6 Å². The molecule has 0 radical (unpaired) electrons. The zero-order chi connectivity index (χ0) is 20.6. The first kappa shape index (κ1) is 20.5. The lowest BCUT2D eigenvalue weighted by atomic mass is 10.1. The fourth-order valence-corrected chi connectivity index (χ4v) is 4.29. The van der Waals surface area contributed by atoms with Gasteiger partial charge in [-0.1, -0.05) is 23.5 Å². The molecule has 0 fully saturated rings. The Bertz CT molecular complexity index is 963. The highest BCUT2D eigenvalue weighted by Gasteiger charge is 2.26. The van der Waals surface area contributed by atoms with Crippen LogP contribution in [0.3, 0.4) is 0 Å². The van der Waals surface area contributed by atoms with Crippen molar-refractivity contribution in [3.63, 3.8) is 0 Å². The first-order chi connectivity index (χ1) is 13.2. The largest absolute Gasteiger partial charge is 0.308 e. The average Bonchev–Trinajstić information content (AvgIpc) is 3.23. The number of nitrogens with zero attached hydrogens (tertiary/aromatic N) is 5. The number of aryl methyl sites for hydroxylation is 3. The Kier molecular flexibility index (Phi) is 5.86. The van der Waals surface area contributed by atoms with Crippen LogP contribution >= 0.6 is 11.3 Å². The van der Waals surface area contributed by atoms with Gasteiger partial charge in [-0.2, -0.15) is 5.10 Å². The number of carbonyl (C=O) groups excluding carboxylic acids is 1. The molecule has 0 unspecified atom stereocenters. The number of thiazole rings is 1. The van der Waals surface area contributed by atoms with Crippen molar-refractivity contribution in [2.24, 2.45) is 0 Å². The van der Waals surface area contributed by atoms with E-state index in [9.17, 15) is 4.79 Å². The monoisotopic (exact) mass is 399 g/mol. The van der Waals surface area contributed by atoms with Crippen LogP contribution in [-0.2, 0) is 0 Å². The molecule has 3 aromatic rings. The fraction of sp³-hybridized carbons (Fsp3) is 0.476. The SMILES string of the molecule is Cc1cc(C(=O)N(CCN(C)C)c2nc3c(C)ccc(C)c3s2)n(C(C)C)n1. The van der Waals surface area contributed by atoms with Crippen molar-refractivity contribution in [1.82, 2.24) is 19.7 Å². The summed E-state index contributed by atoms with van der Waals surface area (Å²) in [6.45, 7) is 11.5. The summed E-state index contributed by atoms with van der Waals surface area (Å²) in [6.07, 6.45) is 0. The van der Waals surface area contributed by atoms with Crippen molar-refractivity contribution in [2.45, 2.75) is 40.7 Å². The van der Waals surface area contributed by atoms with E-state index < -0.39 is 0 Å². The Labute approximate surface area is 170 Å². The molecule has 2 heterocycles. The van der Waals surface area contributed by atoms with Gasteiger partial charge in [0.15, 0.2) is 5.13 Å². The van der Waals surface area contributed by atoms with Gasteiger partial charge in [0, 0.05) is 19.1 Å². The molecule has 0 aliphatic heterocycles. The van der Waals surface area contributed by atoms with Gasteiger partial charge in [-0.15, -0.1) is 0 Å². The van der Waals surface area contributed by atoms with Crippen LogP contribution < -0.4 is 4.90 Å². The Morgan fingerprint density at radius 2 is 1.82 bits per heavy atom. The van der Waals surface area contributed by atoms with Crippen LogP contribution in [0.5, 0.6) is 0 Å². The highest BCUT2D eigenvalue weighted by atomic mass is 32.1. The Balaban J connectivity index is 2.08. The highest BCUT2D eigenvalue weighted by Crippen LogP contribution is 2.33. The lowest BCUT2D eigenvalue weighted by molar-refractivity contribution is 0.0973. The Morgan fingerprint density at radius 3 is 2.43 bits per heavy atom. The van der Waals surface area contributed by atoms with Crippen LogP contribution in [0.4, 0.5) is 5.13 Å². The third-order valence-electron chi connectivity index (χ3n) is 4.74. The average molecular weight is 400 g/mol. The number of anilines is 1. The van der Waals surface area contributed by atoms with Gasteiger partial charge in [0.1, 0.15) is 5.69 Å². The van der Waals surface area contributed by atoms with E-state index in [4.69, 9.17) is 4.98 Å². The molecule has 28 heavy (non-hydrogen) atoms. The van der Waals surface area contributed by atoms with Gasteiger partial charge >= 0.3 is 0 Å². The van der Waals surface area contributed by atoms with E-state index in [2.05, 4.69) is 36.0 Å². The maximum absolute atomic E-state index is 13.6. The summed E-state index contributed by atoms with van der Waals surface area (Å²) in [5, 5.41) is 5.26. The Hall–Kier alpha value is -2.25. The Morgan fingerprint density at radius 1 is 1.14 bits per heavy atom. The van der Waals surface area contributed by atoms with E-state index in [1.165, 1.54) is 5.56 Å². The molecule has 0 saturated carbocycles. The predicted molar refractivity (Wildman–Crippen MR) is 117 cm³/mol. The van der Waals surface area contributed by atoms with Crippen LogP contribution in [0.25, 0.3) is 10.2 Å². The molecule has 3 rings (SSSR count). The number of likely N-dealkylation sites (N-methyl/N-ethyl adjacent to an activating group) is 1. The van der Waals surface area contributed by atoms with Gasteiger partial charge < -0.3 is 4.90 Å². The van der Waals surface area contributed by atoms with Crippen molar-refractivity contribution >= 4 is 32.6 Å². The minimum absolute atomic E-state index is 0.0505. The summed E-state index contributed by atoms with van der Waals surface area (Å²) in [4.78, 5) is 22.3. The van der Waals surface area contributed by atoms with Crippen molar-refractivity contribution in [2.75, 3.05) is 32.1 Å². The zero-order valence-electron chi connectivity index (χ0n) is 17.8. The van der Waals surface area contributed by atoms with E-state index in [0.29, 0.717) is 12.2 Å². The van der Waals surface area contributed by atoms with Crippen molar-refractivity contribution < 1.29 is 4.79 Å². The zero-order valence-corrected chi connectivity index (χ0v) is 18.6. The molecule has 0 atom stereocenters. The number of aromatic nitrogens is 3. The molecule has 0 aliphatic carbocycles. The molecule has 0 bridgehead atoms. The van der Waals surface area contributed by atoms with Gasteiger partial charge in [0.2, 0.25) is 0 Å². The molecule has 150 valence electrons. The number of fused-ring (bicyclic) bond motifs is 1. The standard InChI is InChI=1S/C21H29N5OS/c1-13(2)26-17(12-16(5)23-26)20(27)25(11-10-24(6)7)21-22-18-14(3)8-9-15(4)19(18)28-21/h8-9,12-13H,10-11H2,1-7H3. The summed E-state index contributed by atoms with van der Waals surface area (Å²) in [7, 11) is 4.02. The third kappa shape index (κ3) is 3.95. The molecular weight excluding hydrogens is 370 g/mol. The normalized spacial score (nSPS) is 11.8. The fourth-order valence-electron chi connectivity index (χ4n) is 3.16. The van der Waals surface area contributed by atoms with Crippen LogP contribution in [0.2, 0.25) is 0 Å². The molecule has 1 aromatic carbocycles. The third-order valence-corrected chi connectivity index (χ3v) is 5.96. The minimum Gasteiger partial charge on any atom is -0.308 e. The van der Waals surface area contributed by atoms with E-state index in [0.717, 1.165) is 33.2 Å². The van der Waals surface area contributed by atoms with Gasteiger partial charge in [0.05, 0.1) is 15.9 Å². The lowest BCUT2D eigenvalue weighted by Gasteiger charge is -2.22. The lowest BCUT2D eigenvalue weighted by Crippen LogP contribution is -2.38. The smallest absolute Gasteiger partial charge is 0.278 e. The topological polar surface area (TPSA) is 54.3 Å².